The highest BCUT2D eigenvalue weighted by molar-refractivity contribution is 6.04. The standard InChI is InChI=1S/C20H22N4O2/c1-13(2)26-16-9-15(11-21-12-16)20(25)22-19-10-18(23-24(19)4)17-8-6-5-7-14(17)3/h5-13H,1-4H3,(H,22,25). The largest absolute Gasteiger partial charge is 0.489 e. The van der Waals surface area contributed by atoms with Gasteiger partial charge >= 0.3 is 0 Å². The van der Waals surface area contributed by atoms with E-state index in [1.807, 2.05) is 51.1 Å². The molecule has 0 saturated heterocycles. The number of carbonyl (C=O) groups excluding carboxylic acids is 1. The molecule has 0 aliphatic heterocycles. The number of amides is 1. The van der Waals surface area contributed by atoms with E-state index in [2.05, 4.69) is 15.4 Å². The van der Waals surface area contributed by atoms with Gasteiger partial charge < -0.3 is 10.1 Å². The van der Waals surface area contributed by atoms with Crippen molar-refractivity contribution in [1.82, 2.24) is 14.8 Å². The first-order valence-electron chi connectivity index (χ1n) is 8.47. The minimum absolute atomic E-state index is 0.0175. The molecule has 6 heteroatoms. The summed E-state index contributed by atoms with van der Waals surface area (Å²) in [5, 5.41) is 7.39. The second-order valence-electron chi connectivity index (χ2n) is 6.38. The molecule has 3 aromatic rings. The molecule has 0 unspecified atom stereocenters. The molecule has 1 N–H and O–H groups in total. The van der Waals surface area contributed by atoms with Crippen LogP contribution in [0.1, 0.15) is 29.8 Å². The minimum Gasteiger partial charge on any atom is -0.489 e. The van der Waals surface area contributed by atoms with Crippen LogP contribution in [-0.4, -0.2) is 26.8 Å². The highest BCUT2D eigenvalue weighted by Gasteiger charge is 2.14. The van der Waals surface area contributed by atoms with Gasteiger partial charge in [0.15, 0.2) is 0 Å². The highest BCUT2D eigenvalue weighted by Crippen LogP contribution is 2.24. The minimum atomic E-state index is -0.258. The van der Waals surface area contributed by atoms with E-state index in [-0.39, 0.29) is 12.0 Å². The summed E-state index contributed by atoms with van der Waals surface area (Å²) < 4.78 is 7.25. The molecule has 3 rings (SSSR count). The number of ether oxygens (including phenoxy) is 1. The van der Waals surface area contributed by atoms with Crippen molar-refractivity contribution in [2.45, 2.75) is 26.9 Å². The molecule has 0 saturated carbocycles. The van der Waals surface area contributed by atoms with Gasteiger partial charge in [-0.05, 0) is 32.4 Å². The Morgan fingerprint density at radius 1 is 1.19 bits per heavy atom. The van der Waals surface area contributed by atoms with Crippen LogP contribution in [0.25, 0.3) is 11.3 Å². The lowest BCUT2D eigenvalue weighted by molar-refractivity contribution is 0.102. The topological polar surface area (TPSA) is 69.0 Å². The summed E-state index contributed by atoms with van der Waals surface area (Å²) in [6.45, 7) is 5.89. The third-order valence-electron chi connectivity index (χ3n) is 3.89. The first kappa shape index (κ1) is 17.7. The van der Waals surface area contributed by atoms with Crippen molar-refractivity contribution in [1.29, 1.82) is 0 Å². The zero-order chi connectivity index (χ0) is 18.7. The van der Waals surface area contributed by atoms with Gasteiger partial charge in [0.25, 0.3) is 5.91 Å². The van der Waals surface area contributed by atoms with E-state index in [1.54, 1.807) is 24.0 Å². The average Bonchev–Trinajstić information content (AvgIpc) is 2.95. The Morgan fingerprint density at radius 2 is 1.96 bits per heavy atom. The number of anilines is 1. The number of aryl methyl sites for hydroxylation is 2. The predicted octanol–water partition coefficient (Wildman–Crippen LogP) is 3.83. The van der Waals surface area contributed by atoms with Crippen LogP contribution in [0.3, 0.4) is 0 Å². The van der Waals surface area contributed by atoms with Crippen LogP contribution in [0.4, 0.5) is 5.82 Å². The van der Waals surface area contributed by atoms with Gasteiger partial charge in [-0.15, -0.1) is 0 Å². The molecule has 6 nitrogen and oxygen atoms in total. The van der Waals surface area contributed by atoms with Crippen LogP contribution in [0.5, 0.6) is 5.75 Å². The quantitative estimate of drug-likeness (QED) is 0.759. The Balaban J connectivity index is 1.81. The van der Waals surface area contributed by atoms with Crippen LogP contribution < -0.4 is 10.1 Å². The fraction of sp³-hybridized carbons (Fsp3) is 0.250. The number of benzene rings is 1. The Bertz CT molecular complexity index is 931. The van der Waals surface area contributed by atoms with Crippen LogP contribution in [0, 0.1) is 6.92 Å². The van der Waals surface area contributed by atoms with Crippen LogP contribution in [0.15, 0.2) is 48.8 Å². The van der Waals surface area contributed by atoms with Crippen molar-refractivity contribution in [2.24, 2.45) is 7.05 Å². The number of nitrogens with zero attached hydrogens (tertiary/aromatic N) is 3. The SMILES string of the molecule is Cc1ccccc1-c1cc(NC(=O)c2cncc(OC(C)C)c2)n(C)n1. The van der Waals surface area contributed by atoms with Gasteiger partial charge in [0, 0.05) is 24.9 Å². The molecule has 2 heterocycles. The molecular weight excluding hydrogens is 328 g/mol. The van der Waals surface area contributed by atoms with Crippen LogP contribution in [-0.2, 0) is 7.05 Å². The maximum Gasteiger partial charge on any atom is 0.258 e. The predicted molar refractivity (Wildman–Crippen MR) is 101 cm³/mol. The third kappa shape index (κ3) is 3.91. The summed E-state index contributed by atoms with van der Waals surface area (Å²) >= 11 is 0. The van der Waals surface area contributed by atoms with Gasteiger partial charge in [-0.25, -0.2) is 0 Å². The number of nitrogens with one attached hydrogen (secondary N) is 1. The van der Waals surface area contributed by atoms with Crippen LogP contribution >= 0.6 is 0 Å². The lowest BCUT2D eigenvalue weighted by Crippen LogP contribution is -2.15. The molecule has 0 aliphatic rings. The summed E-state index contributed by atoms with van der Waals surface area (Å²) in [5.41, 5.74) is 3.42. The maximum atomic E-state index is 12.6. The number of rotatable bonds is 5. The van der Waals surface area contributed by atoms with Crippen molar-refractivity contribution < 1.29 is 9.53 Å². The van der Waals surface area contributed by atoms with E-state index in [0.717, 1.165) is 16.8 Å². The first-order chi connectivity index (χ1) is 12.4. The molecule has 0 atom stereocenters. The zero-order valence-electron chi connectivity index (χ0n) is 15.4. The van der Waals surface area contributed by atoms with E-state index in [9.17, 15) is 4.79 Å². The summed E-state index contributed by atoms with van der Waals surface area (Å²) in [6.07, 6.45) is 3.13. The lowest BCUT2D eigenvalue weighted by atomic mass is 10.1. The summed E-state index contributed by atoms with van der Waals surface area (Å²) in [5.74, 6) is 0.924. The maximum absolute atomic E-state index is 12.6. The summed E-state index contributed by atoms with van der Waals surface area (Å²) in [7, 11) is 1.80. The number of hydrogen-bond acceptors (Lipinski definition) is 4. The van der Waals surface area contributed by atoms with Gasteiger partial charge in [0.05, 0.1) is 23.6 Å². The second-order valence-corrected chi connectivity index (χ2v) is 6.38. The molecule has 2 aromatic heterocycles. The number of aromatic nitrogens is 3. The van der Waals surface area contributed by atoms with Gasteiger partial charge in [-0.2, -0.15) is 5.10 Å². The first-order valence-corrected chi connectivity index (χ1v) is 8.47. The van der Waals surface area contributed by atoms with Gasteiger partial charge in [-0.3, -0.25) is 14.5 Å². The van der Waals surface area contributed by atoms with Gasteiger partial charge in [-0.1, -0.05) is 24.3 Å². The number of hydrogen-bond donors (Lipinski definition) is 1. The van der Waals surface area contributed by atoms with E-state index in [4.69, 9.17) is 4.74 Å². The number of carbonyl (C=O) groups is 1. The molecular formula is C20H22N4O2. The van der Waals surface area contributed by atoms with Gasteiger partial charge in [0.1, 0.15) is 11.6 Å². The Morgan fingerprint density at radius 3 is 2.69 bits per heavy atom. The Hall–Kier alpha value is -3.15. The molecule has 0 fully saturated rings. The molecule has 0 aliphatic carbocycles. The summed E-state index contributed by atoms with van der Waals surface area (Å²) in [6, 6.07) is 11.6. The molecule has 1 amide bonds. The molecule has 26 heavy (non-hydrogen) atoms. The molecule has 0 bridgehead atoms. The van der Waals surface area contributed by atoms with Gasteiger partial charge in [0.2, 0.25) is 0 Å². The fourth-order valence-electron chi connectivity index (χ4n) is 2.64. The second kappa shape index (κ2) is 7.39. The lowest BCUT2D eigenvalue weighted by Gasteiger charge is -2.10. The monoisotopic (exact) mass is 350 g/mol. The van der Waals surface area contributed by atoms with Crippen molar-refractivity contribution in [3.05, 3.63) is 59.9 Å². The van der Waals surface area contributed by atoms with E-state index in [0.29, 0.717) is 17.1 Å². The third-order valence-corrected chi connectivity index (χ3v) is 3.89. The summed E-state index contributed by atoms with van der Waals surface area (Å²) in [4.78, 5) is 16.6. The fourth-order valence-corrected chi connectivity index (χ4v) is 2.64. The van der Waals surface area contributed by atoms with E-state index < -0.39 is 0 Å². The molecule has 1 aromatic carbocycles. The molecule has 134 valence electrons. The zero-order valence-corrected chi connectivity index (χ0v) is 15.4. The van der Waals surface area contributed by atoms with Crippen molar-refractivity contribution >= 4 is 11.7 Å². The van der Waals surface area contributed by atoms with Crippen molar-refractivity contribution in [2.75, 3.05) is 5.32 Å². The normalized spacial score (nSPS) is 10.8. The Kier molecular flexibility index (Phi) is 5.02. The Labute approximate surface area is 152 Å². The van der Waals surface area contributed by atoms with Crippen LogP contribution in [0.2, 0.25) is 0 Å². The van der Waals surface area contributed by atoms with E-state index >= 15 is 0 Å². The van der Waals surface area contributed by atoms with Crippen molar-refractivity contribution in [3.8, 4) is 17.0 Å². The molecule has 0 radical (unpaired) electrons. The number of pyridine rings is 1. The van der Waals surface area contributed by atoms with E-state index in [1.165, 1.54) is 6.20 Å². The van der Waals surface area contributed by atoms with Crippen molar-refractivity contribution in [3.63, 3.8) is 0 Å². The molecule has 0 spiro atoms. The highest BCUT2D eigenvalue weighted by atomic mass is 16.5. The average molecular weight is 350 g/mol. The smallest absolute Gasteiger partial charge is 0.258 e.